The molecule has 0 spiro atoms. The molecule has 0 amide bonds. The smallest absolute Gasteiger partial charge is 0.161 e. The average molecular weight is 468 g/mol. The number of likely N-dealkylation sites (tertiary alicyclic amines) is 1. The lowest BCUT2D eigenvalue weighted by Crippen LogP contribution is -2.25. The van der Waals surface area contributed by atoms with E-state index in [0.717, 1.165) is 42.4 Å². The van der Waals surface area contributed by atoms with E-state index in [2.05, 4.69) is 77.7 Å². The van der Waals surface area contributed by atoms with Crippen molar-refractivity contribution in [2.24, 2.45) is 0 Å². The van der Waals surface area contributed by atoms with Crippen molar-refractivity contribution < 1.29 is 14.2 Å². The van der Waals surface area contributed by atoms with Crippen LogP contribution in [0.25, 0.3) is 21.9 Å². The number of methoxy groups -OCH3 is 2. The van der Waals surface area contributed by atoms with Gasteiger partial charge < -0.3 is 14.2 Å². The van der Waals surface area contributed by atoms with E-state index in [9.17, 15) is 0 Å². The third-order valence-electron chi connectivity index (χ3n) is 6.91. The van der Waals surface area contributed by atoms with Gasteiger partial charge in [-0.25, -0.2) is 0 Å². The van der Waals surface area contributed by atoms with Gasteiger partial charge >= 0.3 is 0 Å². The van der Waals surface area contributed by atoms with Gasteiger partial charge in [-0.3, -0.25) is 4.90 Å². The number of ether oxygens (including phenoxy) is 3. The summed E-state index contributed by atoms with van der Waals surface area (Å²) in [5.74, 6) is 2.41. The minimum atomic E-state index is 0.735. The molecule has 0 radical (unpaired) electrons. The molecule has 35 heavy (non-hydrogen) atoms. The van der Waals surface area contributed by atoms with Gasteiger partial charge in [0.05, 0.1) is 14.2 Å². The summed E-state index contributed by atoms with van der Waals surface area (Å²) in [6.07, 6.45) is 3.46. The lowest BCUT2D eigenvalue weighted by Gasteiger charge is -2.16. The average Bonchev–Trinajstić information content (AvgIpc) is 3.43. The Balaban J connectivity index is 1.41. The Kier molecular flexibility index (Phi) is 7.20. The minimum Gasteiger partial charge on any atom is -0.493 e. The van der Waals surface area contributed by atoms with Gasteiger partial charge in [0.25, 0.3) is 0 Å². The third kappa shape index (κ3) is 5.28. The number of nitrogens with zero attached hydrogens (tertiary/aromatic N) is 1. The van der Waals surface area contributed by atoms with E-state index in [1.807, 2.05) is 6.07 Å². The first-order chi connectivity index (χ1) is 17.2. The summed E-state index contributed by atoms with van der Waals surface area (Å²) in [6.45, 7) is 4.16. The monoisotopic (exact) mass is 467 g/mol. The molecule has 0 saturated carbocycles. The maximum atomic E-state index is 6.02. The standard InChI is InChI=1S/C31H33NO3/c1-33-30-16-12-25(22-31(30)34-2)28-15-11-24-7-3-4-8-27(24)29(28)21-23-9-13-26(14-10-23)35-20-19-32-17-5-6-18-32/h3-4,7-16,22H,5-6,17-21H2,1-2H3. The zero-order valence-electron chi connectivity index (χ0n) is 20.6. The lowest BCUT2D eigenvalue weighted by atomic mass is 9.90. The zero-order valence-corrected chi connectivity index (χ0v) is 20.6. The van der Waals surface area contributed by atoms with Gasteiger partial charge in [-0.05, 0) is 89.6 Å². The summed E-state index contributed by atoms with van der Waals surface area (Å²) in [6, 6.07) is 27.7. The Morgan fingerprint density at radius 3 is 2.31 bits per heavy atom. The van der Waals surface area contributed by atoms with Crippen LogP contribution in [-0.2, 0) is 6.42 Å². The van der Waals surface area contributed by atoms with Crippen molar-refractivity contribution >= 4 is 10.8 Å². The van der Waals surface area contributed by atoms with E-state index in [4.69, 9.17) is 14.2 Å². The highest BCUT2D eigenvalue weighted by atomic mass is 16.5. The van der Waals surface area contributed by atoms with Gasteiger partial charge in [0, 0.05) is 6.54 Å². The molecular formula is C31H33NO3. The van der Waals surface area contributed by atoms with Crippen LogP contribution in [0.15, 0.2) is 78.9 Å². The van der Waals surface area contributed by atoms with Crippen molar-refractivity contribution in [3.8, 4) is 28.4 Å². The van der Waals surface area contributed by atoms with Crippen molar-refractivity contribution in [3.05, 3.63) is 90.0 Å². The molecule has 180 valence electrons. The number of hydrogen-bond donors (Lipinski definition) is 0. The second-order valence-electron chi connectivity index (χ2n) is 9.10. The first kappa shape index (κ1) is 23.3. The fourth-order valence-electron chi connectivity index (χ4n) is 5.01. The topological polar surface area (TPSA) is 30.9 Å². The molecule has 0 N–H and O–H groups in total. The van der Waals surface area contributed by atoms with E-state index in [1.54, 1.807) is 14.2 Å². The maximum absolute atomic E-state index is 6.02. The van der Waals surface area contributed by atoms with Crippen LogP contribution in [0.5, 0.6) is 17.2 Å². The second kappa shape index (κ2) is 10.8. The van der Waals surface area contributed by atoms with Crippen molar-refractivity contribution in [1.29, 1.82) is 0 Å². The molecule has 4 aromatic rings. The summed E-state index contributed by atoms with van der Waals surface area (Å²) in [4.78, 5) is 2.48. The molecule has 0 atom stereocenters. The van der Waals surface area contributed by atoms with Crippen molar-refractivity contribution in [2.75, 3.05) is 40.5 Å². The highest BCUT2D eigenvalue weighted by molar-refractivity contribution is 5.92. The Morgan fingerprint density at radius 2 is 1.54 bits per heavy atom. The van der Waals surface area contributed by atoms with Crippen LogP contribution < -0.4 is 14.2 Å². The predicted octanol–water partition coefficient (Wildman–Crippen LogP) is 6.59. The molecule has 5 rings (SSSR count). The molecular weight excluding hydrogens is 434 g/mol. The molecule has 4 heteroatoms. The van der Waals surface area contributed by atoms with Gasteiger partial charge in [0.1, 0.15) is 12.4 Å². The molecule has 1 fully saturated rings. The van der Waals surface area contributed by atoms with E-state index in [0.29, 0.717) is 0 Å². The van der Waals surface area contributed by atoms with Gasteiger partial charge in [-0.1, -0.05) is 54.6 Å². The molecule has 0 aliphatic carbocycles. The van der Waals surface area contributed by atoms with Crippen LogP contribution in [0.4, 0.5) is 0 Å². The van der Waals surface area contributed by atoms with Gasteiger partial charge in [-0.15, -0.1) is 0 Å². The zero-order chi connectivity index (χ0) is 24.0. The molecule has 1 heterocycles. The van der Waals surface area contributed by atoms with Crippen LogP contribution in [0, 0.1) is 0 Å². The molecule has 1 aliphatic heterocycles. The van der Waals surface area contributed by atoms with Gasteiger partial charge in [0.2, 0.25) is 0 Å². The van der Waals surface area contributed by atoms with Gasteiger partial charge in [0.15, 0.2) is 11.5 Å². The van der Waals surface area contributed by atoms with E-state index >= 15 is 0 Å². The summed E-state index contributed by atoms with van der Waals surface area (Å²) in [5.41, 5.74) is 4.88. The number of fused-ring (bicyclic) bond motifs is 1. The van der Waals surface area contributed by atoms with E-state index in [1.165, 1.54) is 53.4 Å². The van der Waals surface area contributed by atoms with Crippen LogP contribution in [0.2, 0.25) is 0 Å². The Labute approximate surface area is 208 Å². The van der Waals surface area contributed by atoms with Crippen LogP contribution in [0.1, 0.15) is 24.0 Å². The molecule has 1 saturated heterocycles. The molecule has 4 aromatic carbocycles. The van der Waals surface area contributed by atoms with Crippen molar-refractivity contribution in [1.82, 2.24) is 4.90 Å². The molecule has 1 aliphatic rings. The quantitative estimate of drug-likeness (QED) is 0.278. The lowest BCUT2D eigenvalue weighted by molar-refractivity contribution is 0.238. The Hall–Kier alpha value is -3.50. The fourth-order valence-corrected chi connectivity index (χ4v) is 5.01. The summed E-state index contributed by atoms with van der Waals surface area (Å²) in [7, 11) is 3.34. The summed E-state index contributed by atoms with van der Waals surface area (Å²) >= 11 is 0. The minimum absolute atomic E-state index is 0.735. The first-order valence-corrected chi connectivity index (χ1v) is 12.4. The van der Waals surface area contributed by atoms with E-state index < -0.39 is 0 Å². The first-order valence-electron chi connectivity index (χ1n) is 12.4. The molecule has 4 nitrogen and oxygen atoms in total. The normalized spacial score (nSPS) is 13.8. The third-order valence-corrected chi connectivity index (χ3v) is 6.91. The van der Waals surface area contributed by atoms with Crippen molar-refractivity contribution in [3.63, 3.8) is 0 Å². The number of rotatable bonds is 9. The number of benzene rings is 4. The fraction of sp³-hybridized carbons (Fsp3) is 0.290. The number of hydrogen-bond acceptors (Lipinski definition) is 4. The molecule has 0 unspecified atom stereocenters. The summed E-state index contributed by atoms with van der Waals surface area (Å²) in [5, 5.41) is 2.51. The van der Waals surface area contributed by atoms with Crippen LogP contribution in [-0.4, -0.2) is 45.4 Å². The van der Waals surface area contributed by atoms with E-state index in [-0.39, 0.29) is 0 Å². The molecule has 0 aromatic heterocycles. The SMILES string of the molecule is COc1ccc(-c2ccc3ccccc3c2Cc2ccc(OCCN3CCCC3)cc2)cc1OC. The predicted molar refractivity (Wildman–Crippen MR) is 143 cm³/mol. The second-order valence-corrected chi connectivity index (χ2v) is 9.10. The highest BCUT2D eigenvalue weighted by Crippen LogP contribution is 2.37. The van der Waals surface area contributed by atoms with Crippen LogP contribution >= 0.6 is 0 Å². The molecule has 0 bridgehead atoms. The van der Waals surface area contributed by atoms with Gasteiger partial charge in [-0.2, -0.15) is 0 Å². The maximum Gasteiger partial charge on any atom is 0.161 e. The highest BCUT2D eigenvalue weighted by Gasteiger charge is 2.14. The largest absolute Gasteiger partial charge is 0.493 e. The van der Waals surface area contributed by atoms with Crippen molar-refractivity contribution in [2.45, 2.75) is 19.3 Å². The Morgan fingerprint density at radius 1 is 0.771 bits per heavy atom. The van der Waals surface area contributed by atoms with Crippen LogP contribution in [0.3, 0.4) is 0 Å². The summed E-state index contributed by atoms with van der Waals surface area (Å²) < 4.78 is 17.0. The Bertz CT molecular complexity index is 1280.